The van der Waals surface area contributed by atoms with Crippen LogP contribution in [0.3, 0.4) is 0 Å². The van der Waals surface area contributed by atoms with Gasteiger partial charge in [-0.05, 0) is 62.3 Å². The minimum absolute atomic E-state index is 0.0298. The first kappa shape index (κ1) is 19.2. The summed E-state index contributed by atoms with van der Waals surface area (Å²) < 4.78 is 10.8. The van der Waals surface area contributed by atoms with E-state index in [1.165, 1.54) is 0 Å². The van der Waals surface area contributed by atoms with E-state index >= 15 is 0 Å². The lowest BCUT2D eigenvalue weighted by Gasteiger charge is -2.21. The van der Waals surface area contributed by atoms with E-state index in [1.54, 1.807) is 24.3 Å². The van der Waals surface area contributed by atoms with E-state index in [1.807, 2.05) is 0 Å². The van der Waals surface area contributed by atoms with Gasteiger partial charge in [-0.15, -0.1) is 0 Å². The van der Waals surface area contributed by atoms with Crippen LogP contribution in [0, 0.1) is 5.92 Å². The Labute approximate surface area is 148 Å². The number of hydrogen-bond donors (Lipinski definition) is 2. The number of benzene rings is 1. The molecule has 0 spiro atoms. The summed E-state index contributed by atoms with van der Waals surface area (Å²) in [6, 6.07) is 7.14. The summed E-state index contributed by atoms with van der Waals surface area (Å²) in [6.45, 7) is 2.06. The zero-order valence-electron chi connectivity index (χ0n) is 14.5. The van der Waals surface area contributed by atoms with Crippen LogP contribution in [0.5, 0.6) is 5.75 Å². The Morgan fingerprint density at radius 1 is 1.12 bits per heavy atom. The summed E-state index contributed by atoms with van der Waals surface area (Å²) in [5, 5.41) is 11.5. The van der Waals surface area contributed by atoms with Gasteiger partial charge >= 0.3 is 5.97 Å². The van der Waals surface area contributed by atoms with Gasteiger partial charge in [-0.25, -0.2) is 0 Å². The van der Waals surface area contributed by atoms with Crippen LogP contribution in [0.2, 0.25) is 0 Å². The monoisotopic (exact) mass is 349 g/mol. The maximum Gasteiger partial charge on any atom is 0.303 e. The second-order valence-electron chi connectivity index (χ2n) is 6.37. The van der Waals surface area contributed by atoms with Crippen molar-refractivity contribution in [2.45, 2.75) is 44.9 Å². The average Bonchev–Trinajstić information content (AvgIpc) is 2.61. The Bertz CT molecular complexity index is 537. The van der Waals surface area contributed by atoms with Gasteiger partial charge in [0.25, 0.3) is 0 Å². The first-order chi connectivity index (χ1) is 12.1. The molecule has 1 amide bonds. The molecule has 2 N–H and O–H groups in total. The van der Waals surface area contributed by atoms with Crippen molar-refractivity contribution in [3.05, 3.63) is 24.3 Å². The maximum atomic E-state index is 12.0. The number of aliphatic carboxylic acids is 1. The Hall–Kier alpha value is -2.08. The van der Waals surface area contributed by atoms with Gasteiger partial charge in [0.1, 0.15) is 5.75 Å². The third kappa shape index (κ3) is 8.03. The third-order valence-corrected chi connectivity index (χ3v) is 4.30. The van der Waals surface area contributed by atoms with Crippen molar-refractivity contribution < 1.29 is 24.2 Å². The molecule has 0 saturated carbocycles. The van der Waals surface area contributed by atoms with Gasteiger partial charge in [0.15, 0.2) is 0 Å². The van der Waals surface area contributed by atoms with Crippen molar-refractivity contribution in [2.75, 3.05) is 25.1 Å². The van der Waals surface area contributed by atoms with Gasteiger partial charge in [-0.1, -0.05) is 0 Å². The summed E-state index contributed by atoms with van der Waals surface area (Å²) in [4.78, 5) is 22.4. The molecule has 1 saturated heterocycles. The van der Waals surface area contributed by atoms with Crippen molar-refractivity contribution in [3.63, 3.8) is 0 Å². The van der Waals surface area contributed by atoms with E-state index in [0.717, 1.165) is 44.6 Å². The van der Waals surface area contributed by atoms with Gasteiger partial charge in [0, 0.05) is 31.7 Å². The highest BCUT2D eigenvalue weighted by molar-refractivity contribution is 5.90. The molecule has 2 rings (SSSR count). The van der Waals surface area contributed by atoms with E-state index in [2.05, 4.69) is 5.32 Å². The van der Waals surface area contributed by atoms with E-state index in [-0.39, 0.29) is 12.3 Å². The Morgan fingerprint density at radius 2 is 1.84 bits per heavy atom. The molecular formula is C19H27NO5. The SMILES string of the molecule is O=C(O)CCCOc1ccc(NC(=O)CCCC2CCOCC2)cc1. The highest BCUT2D eigenvalue weighted by atomic mass is 16.5. The predicted molar refractivity (Wildman–Crippen MR) is 94.8 cm³/mol. The molecular weight excluding hydrogens is 322 g/mol. The fraction of sp³-hybridized carbons (Fsp3) is 0.579. The summed E-state index contributed by atoms with van der Waals surface area (Å²) in [5.41, 5.74) is 0.744. The summed E-state index contributed by atoms with van der Waals surface area (Å²) >= 11 is 0. The zero-order valence-corrected chi connectivity index (χ0v) is 14.5. The molecule has 1 fully saturated rings. The summed E-state index contributed by atoms with van der Waals surface area (Å²) in [5.74, 6) is 0.572. The normalized spacial score (nSPS) is 14.9. The number of hydrogen-bond acceptors (Lipinski definition) is 4. The number of nitrogens with one attached hydrogen (secondary N) is 1. The molecule has 0 unspecified atom stereocenters. The molecule has 0 bridgehead atoms. The smallest absolute Gasteiger partial charge is 0.303 e. The lowest BCUT2D eigenvalue weighted by atomic mass is 9.94. The van der Waals surface area contributed by atoms with E-state index in [9.17, 15) is 9.59 Å². The van der Waals surface area contributed by atoms with Gasteiger partial charge < -0.3 is 19.9 Å². The Kier molecular flexibility index (Phi) is 8.25. The van der Waals surface area contributed by atoms with Gasteiger partial charge in [0.05, 0.1) is 6.61 Å². The standard InChI is InChI=1S/C19H27NO5/c21-18(4-1-3-15-10-13-24-14-11-15)20-16-6-8-17(9-7-16)25-12-2-5-19(22)23/h6-9,15H,1-5,10-14H2,(H,20,21)(H,22,23). The largest absolute Gasteiger partial charge is 0.494 e. The van der Waals surface area contributed by atoms with Crippen molar-refractivity contribution in [1.29, 1.82) is 0 Å². The zero-order chi connectivity index (χ0) is 17.9. The molecule has 1 aromatic carbocycles. The molecule has 6 nitrogen and oxygen atoms in total. The molecule has 25 heavy (non-hydrogen) atoms. The van der Waals surface area contributed by atoms with Crippen LogP contribution in [-0.4, -0.2) is 36.8 Å². The number of carboxylic acid groups (broad SMARTS) is 1. The van der Waals surface area contributed by atoms with Crippen LogP contribution >= 0.6 is 0 Å². The van der Waals surface area contributed by atoms with Crippen molar-refractivity contribution in [2.24, 2.45) is 5.92 Å². The van der Waals surface area contributed by atoms with Crippen LogP contribution in [0.25, 0.3) is 0 Å². The minimum atomic E-state index is -0.821. The number of ether oxygens (including phenoxy) is 2. The number of carboxylic acids is 1. The number of carbonyl (C=O) groups is 2. The molecule has 0 aliphatic carbocycles. The number of rotatable bonds is 10. The first-order valence-corrected chi connectivity index (χ1v) is 8.96. The van der Waals surface area contributed by atoms with E-state index < -0.39 is 5.97 Å². The van der Waals surface area contributed by atoms with Crippen molar-refractivity contribution in [3.8, 4) is 5.75 Å². The molecule has 0 aromatic heterocycles. The van der Waals surface area contributed by atoms with Gasteiger partial charge in [-0.3, -0.25) is 9.59 Å². The topological polar surface area (TPSA) is 84.9 Å². The lowest BCUT2D eigenvalue weighted by molar-refractivity contribution is -0.137. The van der Waals surface area contributed by atoms with E-state index in [4.69, 9.17) is 14.6 Å². The fourth-order valence-electron chi connectivity index (χ4n) is 2.86. The molecule has 1 aliphatic heterocycles. The molecule has 0 radical (unpaired) electrons. The number of carbonyl (C=O) groups excluding carboxylic acids is 1. The van der Waals surface area contributed by atoms with Crippen LogP contribution in [0.1, 0.15) is 44.9 Å². The second kappa shape index (κ2) is 10.7. The first-order valence-electron chi connectivity index (χ1n) is 8.96. The quantitative estimate of drug-likeness (QED) is 0.632. The third-order valence-electron chi connectivity index (χ3n) is 4.30. The summed E-state index contributed by atoms with van der Waals surface area (Å²) in [7, 11) is 0. The number of amides is 1. The molecule has 138 valence electrons. The average molecular weight is 349 g/mol. The van der Waals surface area contributed by atoms with Crippen LogP contribution in [-0.2, 0) is 14.3 Å². The van der Waals surface area contributed by atoms with Gasteiger partial charge in [0.2, 0.25) is 5.91 Å². The summed E-state index contributed by atoms with van der Waals surface area (Å²) in [6.07, 6.45) is 5.31. The maximum absolute atomic E-state index is 12.0. The van der Waals surface area contributed by atoms with Crippen LogP contribution in [0.15, 0.2) is 24.3 Å². The highest BCUT2D eigenvalue weighted by Gasteiger charge is 2.14. The van der Waals surface area contributed by atoms with Crippen molar-refractivity contribution >= 4 is 17.6 Å². The Morgan fingerprint density at radius 3 is 2.52 bits per heavy atom. The molecule has 1 aromatic rings. The molecule has 1 heterocycles. The highest BCUT2D eigenvalue weighted by Crippen LogP contribution is 2.21. The van der Waals surface area contributed by atoms with Gasteiger partial charge in [-0.2, -0.15) is 0 Å². The van der Waals surface area contributed by atoms with Crippen LogP contribution in [0.4, 0.5) is 5.69 Å². The molecule has 6 heteroatoms. The van der Waals surface area contributed by atoms with Crippen molar-refractivity contribution in [1.82, 2.24) is 0 Å². The second-order valence-corrected chi connectivity index (χ2v) is 6.37. The fourth-order valence-corrected chi connectivity index (χ4v) is 2.86. The predicted octanol–water partition coefficient (Wildman–Crippen LogP) is 3.47. The van der Waals surface area contributed by atoms with E-state index in [0.29, 0.717) is 31.1 Å². The lowest BCUT2D eigenvalue weighted by Crippen LogP contribution is -2.17. The minimum Gasteiger partial charge on any atom is -0.494 e. The number of anilines is 1. The molecule has 0 atom stereocenters. The molecule has 1 aliphatic rings. The van der Waals surface area contributed by atoms with Crippen LogP contribution < -0.4 is 10.1 Å². The Balaban J connectivity index is 1.62.